The van der Waals surface area contributed by atoms with E-state index in [2.05, 4.69) is 11.8 Å². The molecule has 1 rings (SSSR count). The van der Waals surface area contributed by atoms with Gasteiger partial charge >= 0.3 is 0 Å². The zero-order chi connectivity index (χ0) is 12.3. The van der Waals surface area contributed by atoms with E-state index in [0.717, 1.165) is 5.56 Å². The highest BCUT2D eigenvalue weighted by Gasteiger charge is 2.26. The molecule has 1 aromatic rings. The predicted octanol–water partition coefficient (Wildman–Crippen LogP) is 1.87. The molecule has 90 valence electrons. The van der Waals surface area contributed by atoms with Crippen LogP contribution in [0.1, 0.15) is 12.5 Å². The van der Waals surface area contributed by atoms with Crippen molar-refractivity contribution < 1.29 is 5.11 Å². The number of phenolic OH excluding ortho intramolecular Hbond substituents is 1. The Balaban J connectivity index is 2.98. The number of hydrogen-bond donors (Lipinski definition) is 2. The van der Waals surface area contributed by atoms with Crippen LogP contribution in [0.15, 0.2) is 18.2 Å². The van der Waals surface area contributed by atoms with Crippen molar-refractivity contribution in [2.24, 2.45) is 5.73 Å². The van der Waals surface area contributed by atoms with Crippen LogP contribution in [0, 0.1) is 0 Å². The van der Waals surface area contributed by atoms with Crippen molar-refractivity contribution in [2.45, 2.75) is 18.9 Å². The van der Waals surface area contributed by atoms with Gasteiger partial charge in [-0.1, -0.05) is 11.6 Å². The van der Waals surface area contributed by atoms with Gasteiger partial charge in [0, 0.05) is 17.1 Å². The summed E-state index contributed by atoms with van der Waals surface area (Å²) in [5, 5.41) is 10.4. The third-order valence-electron chi connectivity index (χ3n) is 3.13. The molecular formula is C12H19ClN2O. The number of hydrogen-bond acceptors (Lipinski definition) is 3. The first-order chi connectivity index (χ1) is 7.39. The Morgan fingerprint density at radius 3 is 2.56 bits per heavy atom. The standard InChI is InChI=1S/C12H19ClN2O/c1-12(8-14,15(2)3)7-9-6-10(13)4-5-11(9)16/h4-6,16H,7-8,14H2,1-3H3. The zero-order valence-electron chi connectivity index (χ0n) is 10.00. The van der Waals surface area contributed by atoms with Crippen LogP contribution in [-0.2, 0) is 6.42 Å². The molecule has 0 fully saturated rings. The van der Waals surface area contributed by atoms with Crippen molar-refractivity contribution in [1.82, 2.24) is 4.90 Å². The highest BCUT2D eigenvalue weighted by Crippen LogP contribution is 2.26. The average molecular weight is 243 g/mol. The highest BCUT2D eigenvalue weighted by atomic mass is 35.5. The molecule has 0 amide bonds. The summed E-state index contributed by atoms with van der Waals surface area (Å²) in [5.74, 6) is 0.269. The summed E-state index contributed by atoms with van der Waals surface area (Å²) in [5.41, 5.74) is 6.44. The van der Waals surface area contributed by atoms with Crippen molar-refractivity contribution in [3.8, 4) is 5.75 Å². The van der Waals surface area contributed by atoms with Crippen molar-refractivity contribution in [1.29, 1.82) is 0 Å². The lowest BCUT2D eigenvalue weighted by atomic mass is 9.91. The van der Waals surface area contributed by atoms with Crippen LogP contribution in [0.4, 0.5) is 0 Å². The second-order valence-corrected chi connectivity index (χ2v) is 4.98. The number of phenols is 1. The number of rotatable bonds is 4. The molecule has 0 heterocycles. The third-order valence-corrected chi connectivity index (χ3v) is 3.37. The maximum Gasteiger partial charge on any atom is 0.118 e. The van der Waals surface area contributed by atoms with Crippen molar-refractivity contribution in [3.05, 3.63) is 28.8 Å². The fourth-order valence-electron chi connectivity index (χ4n) is 1.52. The van der Waals surface area contributed by atoms with Gasteiger partial charge in [0.05, 0.1) is 0 Å². The van der Waals surface area contributed by atoms with Crippen LogP contribution in [-0.4, -0.2) is 36.2 Å². The van der Waals surface area contributed by atoms with Crippen LogP contribution in [0.2, 0.25) is 5.02 Å². The SMILES string of the molecule is CN(C)C(C)(CN)Cc1cc(Cl)ccc1O. The summed E-state index contributed by atoms with van der Waals surface area (Å²) in [6, 6.07) is 5.08. The fraction of sp³-hybridized carbons (Fsp3) is 0.500. The smallest absolute Gasteiger partial charge is 0.118 e. The minimum absolute atomic E-state index is 0.178. The Morgan fingerprint density at radius 1 is 1.44 bits per heavy atom. The molecule has 1 atom stereocenters. The lowest BCUT2D eigenvalue weighted by molar-refractivity contribution is 0.179. The van der Waals surface area contributed by atoms with Crippen molar-refractivity contribution >= 4 is 11.6 Å². The van der Waals surface area contributed by atoms with Gasteiger partial charge in [-0.25, -0.2) is 0 Å². The first-order valence-electron chi connectivity index (χ1n) is 5.24. The molecular weight excluding hydrogens is 224 g/mol. The van der Waals surface area contributed by atoms with Crippen LogP contribution < -0.4 is 5.73 Å². The molecule has 3 nitrogen and oxygen atoms in total. The van der Waals surface area contributed by atoms with E-state index in [-0.39, 0.29) is 11.3 Å². The number of nitrogens with zero attached hydrogens (tertiary/aromatic N) is 1. The van der Waals surface area contributed by atoms with Gasteiger partial charge < -0.3 is 15.7 Å². The topological polar surface area (TPSA) is 49.5 Å². The van der Waals surface area contributed by atoms with Crippen LogP contribution in [0.3, 0.4) is 0 Å². The summed E-state index contributed by atoms with van der Waals surface area (Å²) in [6.45, 7) is 2.58. The van der Waals surface area contributed by atoms with E-state index in [0.29, 0.717) is 18.0 Å². The van der Waals surface area contributed by atoms with E-state index in [1.807, 2.05) is 14.1 Å². The highest BCUT2D eigenvalue weighted by molar-refractivity contribution is 6.30. The quantitative estimate of drug-likeness (QED) is 0.848. The van der Waals surface area contributed by atoms with Crippen LogP contribution in [0.5, 0.6) is 5.75 Å². The summed E-state index contributed by atoms with van der Waals surface area (Å²) < 4.78 is 0. The molecule has 0 spiro atoms. The van der Waals surface area contributed by atoms with E-state index >= 15 is 0 Å². The van der Waals surface area contributed by atoms with Gasteiger partial charge in [0.2, 0.25) is 0 Å². The summed E-state index contributed by atoms with van der Waals surface area (Å²) in [4.78, 5) is 2.06. The van der Waals surface area contributed by atoms with Gasteiger partial charge in [-0.15, -0.1) is 0 Å². The number of benzene rings is 1. The molecule has 1 aromatic carbocycles. The van der Waals surface area contributed by atoms with Gasteiger partial charge in [0.1, 0.15) is 5.75 Å². The molecule has 0 radical (unpaired) electrons. The number of halogens is 1. The third kappa shape index (κ3) is 2.88. The first kappa shape index (κ1) is 13.3. The Kier molecular flexibility index (Phi) is 4.19. The van der Waals surface area contributed by atoms with E-state index in [9.17, 15) is 5.11 Å². The number of aromatic hydroxyl groups is 1. The van der Waals surface area contributed by atoms with E-state index in [1.54, 1.807) is 18.2 Å². The Labute approximate surface area is 102 Å². The van der Waals surface area contributed by atoms with E-state index < -0.39 is 0 Å². The molecule has 0 bridgehead atoms. The second-order valence-electron chi connectivity index (χ2n) is 4.55. The minimum atomic E-state index is -0.178. The number of nitrogens with two attached hydrogens (primary N) is 1. The van der Waals surface area contributed by atoms with Crippen molar-refractivity contribution in [2.75, 3.05) is 20.6 Å². The molecule has 0 aliphatic heterocycles. The first-order valence-corrected chi connectivity index (χ1v) is 5.62. The molecule has 1 unspecified atom stereocenters. The van der Waals surface area contributed by atoms with E-state index in [1.165, 1.54) is 0 Å². The fourth-order valence-corrected chi connectivity index (χ4v) is 1.71. The molecule has 16 heavy (non-hydrogen) atoms. The zero-order valence-corrected chi connectivity index (χ0v) is 10.8. The second kappa shape index (κ2) is 5.04. The van der Waals surface area contributed by atoms with Gasteiger partial charge in [0.25, 0.3) is 0 Å². The molecule has 0 aliphatic carbocycles. The van der Waals surface area contributed by atoms with Gasteiger partial charge in [-0.2, -0.15) is 0 Å². The average Bonchev–Trinajstić information content (AvgIpc) is 2.23. The molecule has 0 aromatic heterocycles. The Morgan fingerprint density at radius 2 is 2.06 bits per heavy atom. The lowest BCUT2D eigenvalue weighted by Gasteiger charge is -2.35. The van der Waals surface area contributed by atoms with Crippen LogP contribution in [0.25, 0.3) is 0 Å². The summed E-state index contributed by atoms with van der Waals surface area (Å²) >= 11 is 5.91. The van der Waals surface area contributed by atoms with Crippen LogP contribution >= 0.6 is 11.6 Å². The maximum atomic E-state index is 9.76. The normalized spacial score (nSPS) is 15.1. The molecule has 0 saturated carbocycles. The predicted molar refractivity (Wildman–Crippen MR) is 68.0 cm³/mol. The van der Waals surface area contributed by atoms with Gasteiger partial charge in [-0.05, 0) is 51.2 Å². The number of likely N-dealkylation sites (N-methyl/N-ethyl adjacent to an activating group) is 1. The van der Waals surface area contributed by atoms with Gasteiger partial charge in [0.15, 0.2) is 0 Å². The maximum absolute atomic E-state index is 9.76. The minimum Gasteiger partial charge on any atom is -0.508 e. The largest absolute Gasteiger partial charge is 0.508 e. The molecule has 4 heteroatoms. The molecule has 3 N–H and O–H groups in total. The molecule has 0 aliphatic rings. The van der Waals surface area contributed by atoms with Gasteiger partial charge in [-0.3, -0.25) is 0 Å². The monoisotopic (exact) mass is 242 g/mol. The Bertz CT molecular complexity index is 368. The Hall–Kier alpha value is -0.770. The summed E-state index contributed by atoms with van der Waals surface area (Å²) in [7, 11) is 3.96. The van der Waals surface area contributed by atoms with E-state index in [4.69, 9.17) is 17.3 Å². The lowest BCUT2D eigenvalue weighted by Crippen LogP contribution is -2.49. The molecule has 0 saturated heterocycles. The summed E-state index contributed by atoms with van der Waals surface area (Å²) in [6.07, 6.45) is 0.670. The van der Waals surface area contributed by atoms with Crippen molar-refractivity contribution in [3.63, 3.8) is 0 Å².